The van der Waals surface area contributed by atoms with Crippen LogP contribution in [0.1, 0.15) is 5.82 Å². The lowest BCUT2D eigenvalue weighted by molar-refractivity contribution is -0.662. The van der Waals surface area contributed by atoms with Crippen LogP contribution >= 0.6 is 23.3 Å². The molecule has 2 aliphatic rings. The van der Waals surface area contributed by atoms with Crippen LogP contribution in [0, 0.1) is 0 Å². The Labute approximate surface area is 205 Å². The third-order valence-corrected chi connectivity index (χ3v) is 7.26. The van der Waals surface area contributed by atoms with Crippen LogP contribution in [0.4, 0.5) is 5.13 Å². The summed E-state index contributed by atoms with van der Waals surface area (Å²) in [4.78, 5) is 47.6. The maximum absolute atomic E-state index is 13.0. The van der Waals surface area contributed by atoms with Gasteiger partial charge < -0.3 is 25.8 Å². The third kappa shape index (κ3) is 3.95. The number of hydrogen-bond acceptors (Lipinski definition) is 12. The highest BCUT2D eigenvalue weighted by atomic mass is 32.2. The Kier molecular flexibility index (Phi) is 5.81. The van der Waals surface area contributed by atoms with Gasteiger partial charge >= 0.3 is 5.65 Å². The van der Waals surface area contributed by atoms with E-state index < -0.39 is 29.2 Å². The molecule has 0 spiro atoms. The van der Waals surface area contributed by atoms with E-state index in [0.717, 1.165) is 22.1 Å². The molecule has 0 bridgehead atoms. The summed E-state index contributed by atoms with van der Waals surface area (Å²) in [5.74, 6) is -2.53. The summed E-state index contributed by atoms with van der Waals surface area (Å²) in [5, 5.41) is 22.0. The molecule has 3 aromatic heterocycles. The molecule has 5 rings (SSSR count). The Balaban J connectivity index is 1.37. The lowest BCUT2D eigenvalue weighted by atomic mass is 10.0. The Morgan fingerprint density at radius 2 is 2.29 bits per heavy atom. The number of amides is 2. The number of imidazole rings is 1. The number of anilines is 1. The van der Waals surface area contributed by atoms with Crippen molar-refractivity contribution in [2.45, 2.75) is 18.0 Å². The molecule has 0 unspecified atom stereocenters. The second-order valence-corrected chi connectivity index (χ2v) is 9.32. The van der Waals surface area contributed by atoms with E-state index in [9.17, 15) is 19.5 Å². The molecule has 16 heteroatoms. The first-order chi connectivity index (χ1) is 16.9. The molecular weight excluding hydrogens is 498 g/mol. The molecule has 0 aromatic carbocycles. The van der Waals surface area contributed by atoms with Crippen LogP contribution in [0.2, 0.25) is 0 Å². The quantitative estimate of drug-likeness (QED) is 0.148. The topological polar surface area (TPSA) is 184 Å². The van der Waals surface area contributed by atoms with Crippen molar-refractivity contribution in [1.29, 1.82) is 0 Å². The minimum Gasteiger partial charge on any atom is -0.543 e. The van der Waals surface area contributed by atoms with Crippen molar-refractivity contribution in [3.63, 3.8) is 0 Å². The molecule has 1 saturated heterocycles. The highest BCUT2D eigenvalue weighted by molar-refractivity contribution is 8.00. The normalized spacial score (nSPS) is 20.0. The van der Waals surface area contributed by atoms with Gasteiger partial charge in [-0.2, -0.15) is 9.36 Å². The Bertz CT molecular complexity index is 1410. The zero-order chi connectivity index (χ0) is 24.7. The predicted molar refractivity (Wildman–Crippen MR) is 120 cm³/mol. The monoisotopic (exact) mass is 515 g/mol. The number of carbonyl (C=O) groups is 3. The fourth-order valence-corrected chi connectivity index (χ4v) is 5.66. The van der Waals surface area contributed by atoms with E-state index in [0.29, 0.717) is 11.3 Å². The van der Waals surface area contributed by atoms with Gasteiger partial charge in [-0.25, -0.2) is 4.57 Å². The van der Waals surface area contributed by atoms with Crippen molar-refractivity contribution in [2.75, 3.05) is 18.6 Å². The number of nitrogen functional groups attached to an aromatic ring is 1. The zero-order valence-corrected chi connectivity index (χ0v) is 19.7. The standard InChI is InChI=1S/C19H17N9O5S2/c1-33-24-11(14-23-19(20)35-25-14)15(29)22-12-16(30)28-13(18(31)32)9(8-34-17(12)28)7-26-5-6-27-10(26)3-2-4-21-27/h2-6,12,17H,7-8H2,1H3,(H3-,20,22,23,25,29,31,32)/b24-11+/t12-,17+/m1/s1. The first kappa shape index (κ1) is 22.7. The number of nitrogens with one attached hydrogen (secondary N) is 1. The van der Waals surface area contributed by atoms with Gasteiger partial charge in [0.2, 0.25) is 11.5 Å². The van der Waals surface area contributed by atoms with Crippen LogP contribution in [-0.4, -0.2) is 71.6 Å². The number of nitrogens with zero attached hydrogens (tertiary/aromatic N) is 7. The largest absolute Gasteiger partial charge is 0.543 e. The van der Waals surface area contributed by atoms with E-state index in [2.05, 4.69) is 24.9 Å². The Hall–Kier alpha value is -4.05. The summed E-state index contributed by atoms with van der Waals surface area (Å²) >= 11 is 2.21. The molecule has 2 aliphatic heterocycles. The lowest BCUT2D eigenvalue weighted by Crippen LogP contribution is -2.71. The summed E-state index contributed by atoms with van der Waals surface area (Å²) in [7, 11) is 1.25. The fourth-order valence-electron chi connectivity index (χ4n) is 3.89. The number of hydrogen-bond donors (Lipinski definition) is 2. The van der Waals surface area contributed by atoms with E-state index in [4.69, 9.17) is 10.6 Å². The number of thioether (sulfide) groups is 1. The zero-order valence-electron chi connectivity index (χ0n) is 18.0. The van der Waals surface area contributed by atoms with E-state index in [1.807, 2.05) is 10.6 Å². The van der Waals surface area contributed by atoms with Gasteiger partial charge in [0, 0.05) is 28.9 Å². The number of fused-ring (bicyclic) bond motifs is 2. The summed E-state index contributed by atoms with van der Waals surface area (Å²) in [6, 6.07) is 2.64. The average Bonchev–Trinajstić information content (AvgIpc) is 3.46. The van der Waals surface area contributed by atoms with Crippen LogP contribution in [0.15, 0.2) is 47.1 Å². The molecule has 3 N–H and O–H groups in total. The van der Waals surface area contributed by atoms with Gasteiger partial charge in [0.25, 0.3) is 11.8 Å². The SMILES string of the molecule is CO/N=C(/C(=O)N[C@@H]1C(=O)N2C(C(=O)[O-])=C(C[n+]3ccn4ncccc43)CS[C@@H]12)c1nsc(N)n1. The Morgan fingerprint density at radius 3 is 3.00 bits per heavy atom. The highest BCUT2D eigenvalue weighted by Crippen LogP contribution is 2.40. The van der Waals surface area contributed by atoms with E-state index in [1.165, 1.54) is 18.9 Å². The maximum Gasteiger partial charge on any atom is 0.307 e. The van der Waals surface area contributed by atoms with E-state index in [1.54, 1.807) is 29.2 Å². The van der Waals surface area contributed by atoms with Crippen molar-refractivity contribution >= 4 is 57.6 Å². The number of β-lactam (4-membered cyclic amide) rings is 1. The van der Waals surface area contributed by atoms with Gasteiger partial charge in [0.05, 0.1) is 17.9 Å². The number of oxime groups is 1. The third-order valence-electron chi connectivity index (χ3n) is 5.38. The molecular formula is C19H17N9O5S2. The van der Waals surface area contributed by atoms with Crippen LogP contribution in [0.5, 0.6) is 0 Å². The predicted octanol–water partition coefficient (Wildman–Crippen LogP) is -2.49. The average molecular weight is 516 g/mol. The Morgan fingerprint density at radius 1 is 1.46 bits per heavy atom. The van der Waals surface area contributed by atoms with E-state index >= 15 is 0 Å². The summed E-state index contributed by atoms with van der Waals surface area (Å²) < 4.78 is 7.43. The lowest BCUT2D eigenvalue weighted by Gasteiger charge is -2.50. The molecule has 180 valence electrons. The van der Waals surface area contributed by atoms with Gasteiger partial charge in [-0.15, -0.1) is 16.3 Å². The van der Waals surface area contributed by atoms with Crippen molar-refractivity contribution in [1.82, 2.24) is 29.2 Å². The van der Waals surface area contributed by atoms with Crippen LogP contribution in [-0.2, 0) is 25.8 Å². The number of carboxylic acids is 1. The molecule has 2 amide bonds. The van der Waals surface area contributed by atoms with Crippen molar-refractivity contribution < 1.29 is 28.9 Å². The van der Waals surface area contributed by atoms with Gasteiger partial charge in [0.1, 0.15) is 31.3 Å². The second kappa shape index (κ2) is 8.95. The number of aliphatic carboxylic acids is 1. The highest BCUT2D eigenvalue weighted by Gasteiger charge is 2.53. The van der Waals surface area contributed by atoms with Crippen molar-refractivity contribution in [3.8, 4) is 0 Å². The van der Waals surface area contributed by atoms with Gasteiger partial charge in [-0.05, 0) is 6.07 Å². The summed E-state index contributed by atoms with van der Waals surface area (Å²) in [5.41, 5.74) is 6.39. The smallest absolute Gasteiger partial charge is 0.307 e. The molecule has 0 aliphatic carbocycles. The van der Waals surface area contributed by atoms with Crippen molar-refractivity contribution in [3.05, 3.63) is 47.8 Å². The number of carboxylic acid groups (broad SMARTS) is 1. The minimum absolute atomic E-state index is 0.0457. The van der Waals surface area contributed by atoms with Crippen LogP contribution in [0.3, 0.4) is 0 Å². The minimum atomic E-state index is -1.46. The van der Waals surface area contributed by atoms with Gasteiger partial charge in [-0.1, -0.05) is 10.3 Å². The molecule has 35 heavy (non-hydrogen) atoms. The molecule has 2 atom stereocenters. The summed E-state index contributed by atoms with van der Waals surface area (Å²) in [6.45, 7) is 0.230. The first-order valence-electron chi connectivity index (χ1n) is 10.1. The fraction of sp³-hybridized carbons (Fsp3) is 0.263. The molecule has 0 saturated carbocycles. The molecule has 1 fully saturated rings. The van der Waals surface area contributed by atoms with Crippen molar-refractivity contribution in [2.24, 2.45) is 5.16 Å². The van der Waals surface area contributed by atoms with Gasteiger partial charge in [0.15, 0.2) is 11.3 Å². The van der Waals surface area contributed by atoms with Gasteiger partial charge in [-0.3, -0.25) is 14.5 Å². The second-order valence-electron chi connectivity index (χ2n) is 7.43. The van der Waals surface area contributed by atoms with Crippen LogP contribution in [0.25, 0.3) is 5.65 Å². The van der Waals surface area contributed by atoms with Crippen LogP contribution < -0.4 is 20.7 Å². The maximum atomic E-state index is 13.0. The van der Waals surface area contributed by atoms with E-state index in [-0.39, 0.29) is 28.9 Å². The molecule has 3 aromatic rings. The molecule has 14 nitrogen and oxygen atoms in total. The number of nitrogens with two attached hydrogens (primary N) is 1. The molecule has 5 heterocycles. The first-order valence-corrected chi connectivity index (χ1v) is 11.9. The number of carbonyl (C=O) groups excluding carboxylic acids is 3. The molecule has 0 radical (unpaired) electrons. The number of rotatable bonds is 7. The number of aromatic nitrogens is 5. The summed E-state index contributed by atoms with van der Waals surface area (Å²) in [6.07, 6.45) is 5.16.